The lowest BCUT2D eigenvalue weighted by atomic mass is 10.2. The maximum Gasteiger partial charge on any atom is 0.293 e. The summed E-state index contributed by atoms with van der Waals surface area (Å²) in [7, 11) is 0. The second kappa shape index (κ2) is 7.95. The first-order valence-electron chi connectivity index (χ1n) is 7.38. The number of thioether (sulfide) groups is 1. The molecule has 0 saturated carbocycles. The molecule has 3 rings (SSSR count). The summed E-state index contributed by atoms with van der Waals surface area (Å²) < 4.78 is 6.67. The lowest BCUT2D eigenvalue weighted by molar-refractivity contribution is 0.0950. The number of furan rings is 1. The van der Waals surface area contributed by atoms with Crippen LogP contribution in [0.5, 0.6) is 0 Å². The lowest BCUT2D eigenvalue weighted by Crippen LogP contribution is -2.38. The monoisotopic (exact) mass is 373 g/mol. The number of carbonyl (C=O) groups excluding carboxylic acids is 1. The minimum absolute atomic E-state index is 0.130. The molecule has 9 heteroatoms. The Kier molecular flexibility index (Phi) is 5.46. The van der Waals surface area contributed by atoms with Crippen LogP contribution >= 0.6 is 24.0 Å². The molecule has 0 unspecified atom stereocenters. The molecule has 7 nitrogen and oxygen atoms in total. The van der Waals surface area contributed by atoms with Crippen LogP contribution in [-0.4, -0.2) is 25.9 Å². The van der Waals surface area contributed by atoms with Crippen molar-refractivity contribution in [2.45, 2.75) is 17.8 Å². The van der Waals surface area contributed by atoms with Crippen molar-refractivity contribution in [3.63, 3.8) is 0 Å². The van der Waals surface area contributed by atoms with Gasteiger partial charge in [-0.2, -0.15) is 0 Å². The molecule has 0 spiro atoms. The van der Waals surface area contributed by atoms with Crippen molar-refractivity contribution in [3.8, 4) is 0 Å². The van der Waals surface area contributed by atoms with Crippen molar-refractivity contribution in [2.24, 2.45) is 0 Å². The van der Waals surface area contributed by atoms with E-state index in [1.807, 2.05) is 30.3 Å². The molecule has 2 N–H and O–H groups in total. The number of hydrogen-bond donors (Lipinski definition) is 2. The molecule has 128 valence electrons. The molecule has 0 bridgehead atoms. The number of amides is 1. The van der Waals surface area contributed by atoms with Crippen LogP contribution < -0.4 is 10.7 Å². The third kappa shape index (κ3) is 4.46. The minimum Gasteiger partial charge on any atom is -0.459 e. The first-order chi connectivity index (χ1) is 12.1. The van der Waals surface area contributed by atoms with Gasteiger partial charge in [0, 0.05) is 5.75 Å². The smallest absolute Gasteiger partial charge is 0.293 e. The summed E-state index contributed by atoms with van der Waals surface area (Å²) in [6, 6.07) is 13.2. The van der Waals surface area contributed by atoms with E-state index in [0.29, 0.717) is 11.0 Å². The van der Waals surface area contributed by atoms with E-state index in [1.54, 1.807) is 23.7 Å². The molecule has 25 heavy (non-hydrogen) atoms. The highest BCUT2D eigenvalue weighted by molar-refractivity contribution is 7.98. The second-order valence-electron chi connectivity index (χ2n) is 5.01. The van der Waals surface area contributed by atoms with Gasteiger partial charge in [0.15, 0.2) is 10.9 Å². The molecule has 2 aromatic heterocycles. The number of thiocarbonyl (C=S) groups is 1. The fourth-order valence-electron chi connectivity index (χ4n) is 1.99. The average molecular weight is 373 g/mol. The van der Waals surface area contributed by atoms with Crippen molar-refractivity contribution in [3.05, 3.63) is 65.9 Å². The third-order valence-corrected chi connectivity index (χ3v) is 4.38. The number of hydrogen-bond acceptors (Lipinski definition) is 6. The zero-order chi connectivity index (χ0) is 17.6. The Morgan fingerprint density at radius 2 is 2.04 bits per heavy atom. The Morgan fingerprint density at radius 1 is 1.24 bits per heavy atom. The summed E-state index contributed by atoms with van der Waals surface area (Å²) in [6.07, 6.45) is 1.42. The van der Waals surface area contributed by atoms with E-state index in [0.717, 1.165) is 5.75 Å². The zero-order valence-electron chi connectivity index (χ0n) is 13.3. The van der Waals surface area contributed by atoms with Gasteiger partial charge in [-0.05, 0) is 36.8 Å². The van der Waals surface area contributed by atoms with Crippen molar-refractivity contribution in [2.75, 3.05) is 5.43 Å². The summed E-state index contributed by atoms with van der Waals surface area (Å²) in [4.78, 5) is 11.9. The molecule has 0 aliphatic carbocycles. The van der Waals surface area contributed by atoms with Crippen LogP contribution in [0.2, 0.25) is 0 Å². The standard InChI is InChI=1S/C16H15N5O2S2/c1-11-18-19-16(25-10-12-6-3-2-4-7-12)21(11)20-15(24)17-14(22)13-8-5-9-23-13/h2-9H,10H2,1H3,(H2,17,20,22,24). The Balaban J connectivity index is 1.63. The SMILES string of the molecule is Cc1nnc(SCc2ccccc2)n1NC(=S)NC(=O)c1ccco1. The largest absolute Gasteiger partial charge is 0.459 e. The Morgan fingerprint density at radius 3 is 2.76 bits per heavy atom. The van der Waals surface area contributed by atoms with Gasteiger partial charge < -0.3 is 4.42 Å². The maximum atomic E-state index is 11.9. The quantitative estimate of drug-likeness (QED) is 0.525. The van der Waals surface area contributed by atoms with Crippen LogP contribution in [-0.2, 0) is 5.75 Å². The number of carbonyl (C=O) groups is 1. The number of aromatic nitrogens is 3. The Labute approximate surface area is 153 Å². The summed E-state index contributed by atoms with van der Waals surface area (Å²) in [5, 5.41) is 11.5. The highest BCUT2D eigenvalue weighted by atomic mass is 32.2. The van der Waals surface area contributed by atoms with Gasteiger partial charge in [0.05, 0.1) is 6.26 Å². The zero-order valence-corrected chi connectivity index (χ0v) is 14.9. The predicted molar refractivity (Wildman–Crippen MR) is 98.9 cm³/mol. The molecule has 0 radical (unpaired) electrons. The topological polar surface area (TPSA) is 85.0 Å². The van der Waals surface area contributed by atoms with Gasteiger partial charge in [-0.1, -0.05) is 42.1 Å². The van der Waals surface area contributed by atoms with Gasteiger partial charge in [-0.25, -0.2) is 4.68 Å². The van der Waals surface area contributed by atoms with Gasteiger partial charge in [-0.3, -0.25) is 15.5 Å². The fourth-order valence-corrected chi connectivity index (χ4v) is 3.07. The summed E-state index contributed by atoms with van der Waals surface area (Å²) in [5.74, 6) is 1.13. The minimum atomic E-state index is -0.424. The molecule has 1 amide bonds. The normalized spacial score (nSPS) is 10.4. The van der Waals surface area contributed by atoms with Gasteiger partial charge in [0.2, 0.25) is 5.16 Å². The van der Waals surface area contributed by atoms with Crippen LogP contribution in [0.25, 0.3) is 0 Å². The second-order valence-corrected chi connectivity index (χ2v) is 6.36. The molecule has 0 fully saturated rings. The number of nitrogens with one attached hydrogen (secondary N) is 2. The first-order valence-corrected chi connectivity index (χ1v) is 8.77. The summed E-state index contributed by atoms with van der Waals surface area (Å²) in [6.45, 7) is 1.80. The highest BCUT2D eigenvalue weighted by Gasteiger charge is 2.14. The molecular weight excluding hydrogens is 358 g/mol. The van der Waals surface area contributed by atoms with E-state index in [2.05, 4.69) is 20.9 Å². The van der Waals surface area contributed by atoms with Crippen molar-refractivity contribution < 1.29 is 9.21 Å². The Bertz CT molecular complexity index is 862. The molecular formula is C16H15N5O2S2. The number of aryl methyl sites for hydroxylation is 1. The molecule has 0 aliphatic heterocycles. The number of rotatable bonds is 5. The van der Waals surface area contributed by atoms with E-state index >= 15 is 0 Å². The molecule has 0 saturated heterocycles. The fraction of sp³-hybridized carbons (Fsp3) is 0.125. The third-order valence-electron chi connectivity index (χ3n) is 3.19. The highest BCUT2D eigenvalue weighted by Crippen LogP contribution is 2.20. The molecule has 1 aromatic carbocycles. The molecule has 0 atom stereocenters. The van der Waals surface area contributed by atoms with Gasteiger partial charge >= 0.3 is 0 Å². The summed E-state index contributed by atoms with van der Waals surface area (Å²) in [5.41, 5.74) is 4.09. The maximum absolute atomic E-state index is 11.9. The van der Waals surface area contributed by atoms with E-state index in [4.69, 9.17) is 16.6 Å². The first kappa shape index (κ1) is 17.2. The van der Waals surface area contributed by atoms with E-state index in [9.17, 15) is 4.79 Å². The van der Waals surface area contributed by atoms with Crippen molar-refractivity contribution >= 4 is 35.0 Å². The van der Waals surface area contributed by atoms with Gasteiger partial charge in [-0.15, -0.1) is 10.2 Å². The van der Waals surface area contributed by atoms with Crippen molar-refractivity contribution in [1.82, 2.24) is 20.2 Å². The van der Waals surface area contributed by atoms with Crippen molar-refractivity contribution in [1.29, 1.82) is 0 Å². The van der Waals surface area contributed by atoms with Crippen LogP contribution in [0.3, 0.4) is 0 Å². The van der Waals surface area contributed by atoms with Crippen LogP contribution in [0, 0.1) is 6.92 Å². The Hall–Kier alpha value is -2.65. The van der Waals surface area contributed by atoms with Crippen LogP contribution in [0.1, 0.15) is 21.9 Å². The van der Waals surface area contributed by atoms with E-state index < -0.39 is 5.91 Å². The summed E-state index contributed by atoms with van der Waals surface area (Å²) >= 11 is 6.69. The number of benzene rings is 1. The van der Waals surface area contributed by atoms with Gasteiger partial charge in [0.25, 0.3) is 5.91 Å². The van der Waals surface area contributed by atoms with E-state index in [1.165, 1.54) is 23.6 Å². The molecule has 0 aliphatic rings. The van der Waals surface area contributed by atoms with Crippen LogP contribution in [0.4, 0.5) is 0 Å². The lowest BCUT2D eigenvalue weighted by Gasteiger charge is -2.12. The number of nitrogens with zero attached hydrogens (tertiary/aromatic N) is 3. The van der Waals surface area contributed by atoms with E-state index in [-0.39, 0.29) is 10.9 Å². The van der Waals surface area contributed by atoms with Gasteiger partial charge in [0.1, 0.15) is 5.82 Å². The van der Waals surface area contributed by atoms with Crippen LogP contribution in [0.15, 0.2) is 58.3 Å². The molecule has 2 heterocycles. The average Bonchev–Trinajstić information content (AvgIpc) is 3.26. The molecule has 3 aromatic rings. The predicted octanol–water partition coefficient (Wildman–Crippen LogP) is 2.73.